The molecule has 0 bridgehead atoms. The van der Waals surface area contributed by atoms with Crippen LogP contribution in [0.25, 0.3) is 0 Å². The molecule has 0 aliphatic heterocycles. The van der Waals surface area contributed by atoms with Gasteiger partial charge in [-0.1, -0.05) is 19.3 Å². The Morgan fingerprint density at radius 3 is 2.79 bits per heavy atom. The van der Waals surface area contributed by atoms with E-state index in [1.807, 2.05) is 10.8 Å². The number of nitrogens with one attached hydrogen (secondary N) is 1. The van der Waals surface area contributed by atoms with E-state index in [9.17, 15) is 9.90 Å². The van der Waals surface area contributed by atoms with Gasteiger partial charge in [0.1, 0.15) is 0 Å². The maximum absolute atomic E-state index is 11.8. The fourth-order valence-corrected chi connectivity index (χ4v) is 2.72. The average Bonchev–Trinajstić information content (AvgIpc) is 2.97. The van der Waals surface area contributed by atoms with E-state index in [2.05, 4.69) is 10.3 Å². The Hall–Kier alpha value is -1.36. The lowest BCUT2D eigenvalue weighted by Gasteiger charge is -2.35. The minimum atomic E-state index is -0.0804. The van der Waals surface area contributed by atoms with Crippen molar-refractivity contribution in [1.82, 2.24) is 14.9 Å². The third-order valence-electron chi connectivity index (χ3n) is 4.07. The second kappa shape index (κ2) is 6.70. The van der Waals surface area contributed by atoms with Gasteiger partial charge >= 0.3 is 0 Å². The van der Waals surface area contributed by atoms with Crippen LogP contribution in [0, 0.1) is 5.41 Å². The Morgan fingerprint density at radius 2 is 2.16 bits per heavy atom. The fourth-order valence-electron chi connectivity index (χ4n) is 2.72. The molecule has 5 nitrogen and oxygen atoms in total. The number of carbonyl (C=O) groups is 1. The van der Waals surface area contributed by atoms with Crippen LogP contribution in [-0.2, 0) is 11.3 Å². The van der Waals surface area contributed by atoms with Gasteiger partial charge in [-0.3, -0.25) is 4.79 Å². The number of hydrogen-bond acceptors (Lipinski definition) is 3. The van der Waals surface area contributed by atoms with Gasteiger partial charge in [0.05, 0.1) is 12.9 Å². The van der Waals surface area contributed by atoms with E-state index in [-0.39, 0.29) is 17.9 Å². The first-order chi connectivity index (χ1) is 9.24. The van der Waals surface area contributed by atoms with Gasteiger partial charge in [0.2, 0.25) is 5.91 Å². The zero-order valence-electron chi connectivity index (χ0n) is 11.3. The SMILES string of the molecule is O=C(CCn1ccnc1)NCC1(CO)CCCCC1. The van der Waals surface area contributed by atoms with E-state index >= 15 is 0 Å². The van der Waals surface area contributed by atoms with Gasteiger partial charge < -0.3 is 15.0 Å². The Bertz CT molecular complexity index is 383. The molecule has 19 heavy (non-hydrogen) atoms. The third-order valence-corrected chi connectivity index (χ3v) is 4.07. The number of imidazole rings is 1. The Kier molecular flexibility index (Phi) is 4.96. The lowest BCUT2D eigenvalue weighted by Crippen LogP contribution is -2.41. The Morgan fingerprint density at radius 1 is 1.37 bits per heavy atom. The molecule has 0 spiro atoms. The molecule has 0 unspecified atom stereocenters. The molecule has 2 N–H and O–H groups in total. The number of hydrogen-bond donors (Lipinski definition) is 2. The number of aliphatic hydroxyl groups is 1. The first-order valence-corrected chi connectivity index (χ1v) is 7.07. The van der Waals surface area contributed by atoms with Crippen LogP contribution >= 0.6 is 0 Å². The largest absolute Gasteiger partial charge is 0.396 e. The maximum Gasteiger partial charge on any atom is 0.221 e. The summed E-state index contributed by atoms with van der Waals surface area (Å²) in [5.41, 5.74) is -0.0804. The van der Waals surface area contributed by atoms with Crippen molar-refractivity contribution in [3.05, 3.63) is 18.7 Å². The van der Waals surface area contributed by atoms with Gasteiger partial charge in [-0.05, 0) is 12.8 Å². The summed E-state index contributed by atoms with van der Waals surface area (Å²) in [6.07, 6.45) is 11.3. The molecular formula is C14H23N3O2. The molecule has 1 aliphatic carbocycles. The summed E-state index contributed by atoms with van der Waals surface area (Å²) in [5, 5.41) is 12.5. The second-order valence-electron chi connectivity index (χ2n) is 5.55. The van der Waals surface area contributed by atoms with Crippen molar-refractivity contribution in [2.75, 3.05) is 13.2 Å². The molecule has 0 radical (unpaired) electrons. The first kappa shape index (κ1) is 14.1. The zero-order chi connectivity index (χ0) is 13.6. The summed E-state index contributed by atoms with van der Waals surface area (Å²) in [7, 11) is 0. The van der Waals surface area contributed by atoms with Crippen molar-refractivity contribution in [2.24, 2.45) is 5.41 Å². The summed E-state index contributed by atoms with van der Waals surface area (Å²) >= 11 is 0. The van der Waals surface area contributed by atoms with Crippen molar-refractivity contribution in [3.8, 4) is 0 Å². The molecule has 0 aromatic carbocycles. The molecule has 0 saturated heterocycles. The topological polar surface area (TPSA) is 67.2 Å². The van der Waals surface area contributed by atoms with Gasteiger partial charge in [0.15, 0.2) is 0 Å². The van der Waals surface area contributed by atoms with Crippen LogP contribution in [0.2, 0.25) is 0 Å². The van der Waals surface area contributed by atoms with Crippen LogP contribution in [0.4, 0.5) is 0 Å². The molecule has 5 heteroatoms. The number of aromatic nitrogens is 2. The van der Waals surface area contributed by atoms with Crippen LogP contribution in [0.1, 0.15) is 38.5 Å². The van der Waals surface area contributed by atoms with Gasteiger partial charge in [-0.15, -0.1) is 0 Å². The number of nitrogens with zero attached hydrogens (tertiary/aromatic N) is 2. The molecular weight excluding hydrogens is 242 g/mol. The highest BCUT2D eigenvalue weighted by atomic mass is 16.3. The predicted octanol–water partition coefficient (Wildman–Crippen LogP) is 1.33. The number of rotatable bonds is 6. The van der Waals surface area contributed by atoms with Gasteiger partial charge in [-0.2, -0.15) is 0 Å². The molecule has 1 amide bonds. The van der Waals surface area contributed by atoms with Crippen molar-refractivity contribution < 1.29 is 9.90 Å². The van der Waals surface area contributed by atoms with Crippen LogP contribution in [-0.4, -0.2) is 33.7 Å². The zero-order valence-corrected chi connectivity index (χ0v) is 11.3. The number of aliphatic hydroxyl groups excluding tert-OH is 1. The molecule has 1 fully saturated rings. The highest BCUT2D eigenvalue weighted by molar-refractivity contribution is 5.75. The average molecular weight is 265 g/mol. The summed E-state index contributed by atoms with van der Waals surface area (Å²) in [6, 6.07) is 0. The Balaban J connectivity index is 1.72. The van der Waals surface area contributed by atoms with E-state index in [4.69, 9.17) is 0 Å². The molecule has 1 aliphatic rings. The maximum atomic E-state index is 11.8. The van der Waals surface area contributed by atoms with Crippen molar-refractivity contribution in [2.45, 2.75) is 45.1 Å². The molecule has 1 aromatic rings. The third kappa shape index (κ3) is 4.06. The van der Waals surface area contributed by atoms with Crippen LogP contribution in [0.5, 0.6) is 0 Å². The molecule has 1 heterocycles. The standard InChI is InChI=1S/C14H23N3O2/c18-11-14(5-2-1-3-6-14)10-16-13(19)4-8-17-9-7-15-12-17/h7,9,12,18H,1-6,8,10-11H2,(H,16,19). The molecule has 2 rings (SSSR count). The number of amides is 1. The van der Waals surface area contributed by atoms with Crippen molar-refractivity contribution >= 4 is 5.91 Å². The van der Waals surface area contributed by atoms with E-state index in [1.165, 1.54) is 6.42 Å². The monoisotopic (exact) mass is 265 g/mol. The van der Waals surface area contributed by atoms with Crippen LogP contribution < -0.4 is 5.32 Å². The number of carbonyl (C=O) groups excluding carboxylic acids is 1. The van der Waals surface area contributed by atoms with E-state index in [0.29, 0.717) is 19.5 Å². The fraction of sp³-hybridized carbons (Fsp3) is 0.714. The van der Waals surface area contributed by atoms with E-state index < -0.39 is 0 Å². The molecule has 106 valence electrons. The minimum absolute atomic E-state index is 0.0482. The summed E-state index contributed by atoms with van der Waals surface area (Å²) in [6.45, 7) is 1.43. The lowest BCUT2D eigenvalue weighted by atomic mass is 9.74. The quantitative estimate of drug-likeness (QED) is 0.815. The van der Waals surface area contributed by atoms with Crippen molar-refractivity contribution in [1.29, 1.82) is 0 Å². The van der Waals surface area contributed by atoms with E-state index in [1.54, 1.807) is 12.5 Å². The molecule has 1 saturated carbocycles. The highest BCUT2D eigenvalue weighted by Gasteiger charge is 2.31. The minimum Gasteiger partial charge on any atom is -0.396 e. The molecule has 0 atom stereocenters. The van der Waals surface area contributed by atoms with Crippen LogP contribution in [0.15, 0.2) is 18.7 Å². The van der Waals surface area contributed by atoms with Gasteiger partial charge in [0, 0.05) is 37.3 Å². The highest BCUT2D eigenvalue weighted by Crippen LogP contribution is 2.35. The predicted molar refractivity (Wildman–Crippen MR) is 72.5 cm³/mol. The van der Waals surface area contributed by atoms with Crippen molar-refractivity contribution in [3.63, 3.8) is 0 Å². The second-order valence-corrected chi connectivity index (χ2v) is 5.55. The van der Waals surface area contributed by atoms with E-state index in [0.717, 1.165) is 25.7 Å². The number of aryl methyl sites for hydroxylation is 1. The summed E-state index contributed by atoms with van der Waals surface area (Å²) < 4.78 is 1.89. The van der Waals surface area contributed by atoms with Gasteiger partial charge in [-0.25, -0.2) is 4.98 Å². The summed E-state index contributed by atoms with van der Waals surface area (Å²) in [4.78, 5) is 15.8. The normalized spacial score (nSPS) is 18.2. The smallest absolute Gasteiger partial charge is 0.221 e. The Labute approximate surface area is 114 Å². The van der Waals surface area contributed by atoms with Crippen LogP contribution in [0.3, 0.4) is 0 Å². The lowest BCUT2D eigenvalue weighted by molar-refractivity contribution is -0.122. The molecule has 1 aromatic heterocycles. The van der Waals surface area contributed by atoms with Gasteiger partial charge in [0.25, 0.3) is 0 Å². The first-order valence-electron chi connectivity index (χ1n) is 7.07. The summed E-state index contributed by atoms with van der Waals surface area (Å²) in [5.74, 6) is 0.0482.